The van der Waals surface area contributed by atoms with E-state index in [1.54, 1.807) is 14.2 Å². The van der Waals surface area contributed by atoms with Crippen LogP contribution >= 0.6 is 0 Å². The molecule has 0 spiro atoms. The highest BCUT2D eigenvalue weighted by Gasteiger charge is 2.17. The number of hydrogen-bond donors (Lipinski definition) is 0. The first-order valence-corrected chi connectivity index (χ1v) is 12.1. The molecule has 0 aliphatic carbocycles. The summed E-state index contributed by atoms with van der Waals surface area (Å²) in [5.41, 5.74) is 0.994. The third kappa shape index (κ3) is 9.30. The average molecular weight is 364 g/mol. The molecule has 5 nitrogen and oxygen atoms in total. The number of carbonyl (C=O) groups excluding carboxylic acids is 1. The molecule has 1 amide bonds. The summed E-state index contributed by atoms with van der Waals surface area (Å²) in [5, 5.41) is 0. The zero-order valence-electron chi connectivity index (χ0n) is 15.9. The van der Waals surface area contributed by atoms with Crippen LogP contribution in [0.5, 0.6) is 0 Å². The molecule has 0 N–H and O–H groups in total. The largest absolute Gasteiger partial charge is 0.449 e. The second-order valence-corrected chi connectivity index (χ2v) is 12.5. The summed E-state index contributed by atoms with van der Waals surface area (Å²) < 4.78 is 15.6. The molecule has 0 saturated heterocycles. The fourth-order valence-electron chi connectivity index (χ4n) is 1.93. The van der Waals surface area contributed by atoms with E-state index in [9.17, 15) is 4.79 Å². The number of amides is 1. The van der Waals surface area contributed by atoms with Gasteiger partial charge in [-0.2, -0.15) is 0 Å². The van der Waals surface area contributed by atoms with Gasteiger partial charge >= 0.3 is 6.09 Å². The first kappa shape index (κ1) is 21.2. The van der Waals surface area contributed by atoms with Gasteiger partial charge in [-0.3, -0.25) is 0 Å². The Kier molecular flexibility index (Phi) is 9.28. The van der Waals surface area contributed by atoms with Crippen molar-refractivity contribution < 1.29 is 19.0 Å². The summed E-state index contributed by atoms with van der Waals surface area (Å²) in [7, 11) is 1.87. The summed E-state index contributed by atoms with van der Waals surface area (Å²) in [6.45, 7) is 7.55. The summed E-state index contributed by atoms with van der Waals surface area (Å²) in [6, 6.07) is 13.5. The number of methoxy groups -OCH3 is 2. The van der Waals surface area contributed by atoms with Gasteiger partial charge in [-0.15, -0.1) is 0 Å². The summed E-state index contributed by atoms with van der Waals surface area (Å²) in [6.07, 6.45) is -0.449. The standard InChI is InChI=1S/C19H29NO4Si/c1-22-18(23-2)12-9-13-20(16-17-10-7-6-8-11-17)19(21)24-14-15-25(3,4)5/h6-8,10-11,18H,12,14-16H2,1-5H3. The van der Waals surface area contributed by atoms with Crippen molar-refractivity contribution in [1.29, 1.82) is 0 Å². The van der Waals surface area contributed by atoms with E-state index in [0.29, 0.717) is 19.6 Å². The fraction of sp³-hybridized carbons (Fsp3) is 0.526. The van der Waals surface area contributed by atoms with Crippen LogP contribution in [0, 0.1) is 12.0 Å². The molecule has 0 aromatic heterocycles. The Hall–Kier alpha value is -1.81. The Morgan fingerprint density at radius 3 is 2.36 bits per heavy atom. The van der Waals surface area contributed by atoms with Crippen molar-refractivity contribution in [3.05, 3.63) is 35.9 Å². The molecule has 0 aliphatic rings. The smallest absolute Gasteiger partial charge is 0.421 e. The Labute approximate surface area is 152 Å². The van der Waals surface area contributed by atoms with Crippen LogP contribution in [0.4, 0.5) is 4.79 Å². The molecule has 0 radical (unpaired) electrons. The van der Waals surface area contributed by atoms with Crippen molar-refractivity contribution in [3.63, 3.8) is 0 Å². The average Bonchev–Trinajstić information content (AvgIpc) is 2.57. The monoisotopic (exact) mass is 363 g/mol. The lowest BCUT2D eigenvalue weighted by atomic mass is 10.2. The predicted octanol–water partition coefficient (Wildman–Crippen LogP) is 3.93. The van der Waals surface area contributed by atoms with E-state index >= 15 is 0 Å². The molecule has 0 heterocycles. The van der Waals surface area contributed by atoms with E-state index in [4.69, 9.17) is 14.2 Å². The van der Waals surface area contributed by atoms with Crippen LogP contribution in [-0.2, 0) is 20.8 Å². The minimum atomic E-state index is -1.25. The molecular formula is C19H29NO4Si. The molecular weight excluding hydrogens is 334 g/mol. The van der Waals surface area contributed by atoms with Crippen LogP contribution in [0.2, 0.25) is 25.7 Å². The maximum atomic E-state index is 12.4. The van der Waals surface area contributed by atoms with Crippen LogP contribution in [0.15, 0.2) is 30.3 Å². The van der Waals surface area contributed by atoms with Gasteiger partial charge in [0.15, 0.2) is 6.29 Å². The van der Waals surface area contributed by atoms with E-state index in [1.165, 1.54) is 4.90 Å². The highest BCUT2D eigenvalue weighted by Crippen LogP contribution is 2.10. The first-order valence-electron chi connectivity index (χ1n) is 8.38. The topological polar surface area (TPSA) is 48.0 Å². The summed E-state index contributed by atoms with van der Waals surface area (Å²) in [4.78, 5) is 13.8. The predicted molar refractivity (Wildman–Crippen MR) is 102 cm³/mol. The van der Waals surface area contributed by atoms with Crippen LogP contribution in [0.1, 0.15) is 12.0 Å². The molecule has 1 aromatic carbocycles. The van der Waals surface area contributed by atoms with Crippen molar-refractivity contribution in [2.75, 3.05) is 20.8 Å². The number of carbonyl (C=O) groups is 1. The number of nitrogens with zero attached hydrogens (tertiary/aromatic N) is 1. The summed E-state index contributed by atoms with van der Waals surface area (Å²) >= 11 is 0. The Balaban J connectivity index is 2.73. The third-order valence-corrected chi connectivity index (χ3v) is 5.19. The Bertz CT molecular complexity index is 571. The van der Waals surface area contributed by atoms with Crippen molar-refractivity contribution in [2.24, 2.45) is 0 Å². The molecule has 138 valence electrons. The van der Waals surface area contributed by atoms with Gasteiger partial charge in [0.25, 0.3) is 0 Å². The Morgan fingerprint density at radius 1 is 1.16 bits per heavy atom. The van der Waals surface area contributed by atoms with Gasteiger partial charge in [-0.1, -0.05) is 55.9 Å². The van der Waals surface area contributed by atoms with Gasteiger partial charge < -0.3 is 14.2 Å². The second-order valence-electron chi connectivity index (χ2n) is 6.89. The fourth-order valence-corrected chi connectivity index (χ4v) is 2.64. The number of ether oxygens (including phenoxy) is 3. The van der Waals surface area contributed by atoms with Crippen molar-refractivity contribution in [3.8, 4) is 12.0 Å². The second kappa shape index (κ2) is 10.9. The molecule has 0 atom stereocenters. The van der Waals surface area contributed by atoms with E-state index in [0.717, 1.165) is 11.6 Å². The lowest BCUT2D eigenvalue weighted by Crippen LogP contribution is -2.29. The van der Waals surface area contributed by atoms with Crippen molar-refractivity contribution in [1.82, 2.24) is 4.90 Å². The highest BCUT2D eigenvalue weighted by molar-refractivity contribution is 6.76. The molecule has 1 rings (SSSR count). The number of rotatable bonds is 8. The highest BCUT2D eigenvalue weighted by atomic mass is 28.3. The molecule has 0 fully saturated rings. The molecule has 0 saturated carbocycles. The van der Waals surface area contributed by atoms with E-state index < -0.39 is 20.5 Å². The Morgan fingerprint density at radius 2 is 1.80 bits per heavy atom. The third-order valence-electron chi connectivity index (χ3n) is 3.49. The van der Waals surface area contributed by atoms with Crippen LogP contribution in [0.3, 0.4) is 0 Å². The molecule has 1 aromatic rings. The van der Waals surface area contributed by atoms with Gasteiger partial charge in [0.2, 0.25) is 0 Å². The van der Waals surface area contributed by atoms with Crippen LogP contribution in [0.25, 0.3) is 0 Å². The van der Waals surface area contributed by atoms with E-state index in [2.05, 4.69) is 31.6 Å². The van der Waals surface area contributed by atoms with Crippen LogP contribution in [-0.4, -0.2) is 46.2 Å². The van der Waals surface area contributed by atoms with Gasteiger partial charge in [-0.05, 0) is 11.6 Å². The molecule has 0 unspecified atom stereocenters. The zero-order valence-corrected chi connectivity index (χ0v) is 16.9. The molecule has 6 heteroatoms. The lowest BCUT2D eigenvalue weighted by Gasteiger charge is -2.19. The zero-order chi connectivity index (χ0) is 18.7. The quantitative estimate of drug-likeness (QED) is 0.304. The van der Waals surface area contributed by atoms with Gasteiger partial charge in [-0.25, -0.2) is 9.69 Å². The van der Waals surface area contributed by atoms with Crippen LogP contribution < -0.4 is 0 Å². The lowest BCUT2D eigenvalue weighted by molar-refractivity contribution is -0.0973. The number of benzene rings is 1. The normalized spacial score (nSPS) is 11.0. The van der Waals surface area contributed by atoms with E-state index in [1.807, 2.05) is 30.3 Å². The van der Waals surface area contributed by atoms with Gasteiger partial charge in [0.1, 0.15) is 0 Å². The maximum Gasteiger partial charge on any atom is 0.421 e. The minimum absolute atomic E-state index is 0.375. The van der Waals surface area contributed by atoms with Crippen molar-refractivity contribution >= 4 is 14.2 Å². The first-order chi connectivity index (χ1) is 11.9. The molecule has 0 bridgehead atoms. The number of hydrogen-bond acceptors (Lipinski definition) is 4. The van der Waals surface area contributed by atoms with E-state index in [-0.39, 0.29) is 0 Å². The molecule has 25 heavy (non-hydrogen) atoms. The van der Waals surface area contributed by atoms with Gasteiger partial charge in [0.05, 0.1) is 19.6 Å². The maximum absolute atomic E-state index is 12.4. The minimum Gasteiger partial charge on any atom is -0.449 e. The van der Waals surface area contributed by atoms with Crippen molar-refractivity contribution in [2.45, 2.75) is 44.9 Å². The summed E-state index contributed by atoms with van der Waals surface area (Å²) in [5.74, 6) is 2.93. The van der Waals surface area contributed by atoms with Gasteiger partial charge in [0, 0.05) is 28.3 Å². The SMILES string of the molecule is COC(CC#CN(Cc1ccccc1)C(=O)OCC[Si](C)(C)C)OC. The molecule has 0 aliphatic heterocycles.